The summed E-state index contributed by atoms with van der Waals surface area (Å²) in [5.41, 5.74) is 1.09. The van der Waals surface area contributed by atoms with Gasteiger partial charge in [0, 0.05) is 48.0 Å². The molecule has 1 aromatic heterocycles. The first-order valence-corrected chi connectivity index (χ1v) is 11.4. The maximum atomic E-state index is 13.1. The van der Waals surface area contributed by atoms with Crippen LogP contribution in [0.3, 0.4) is 0 Å². The Morgan fingerprint density at radius 1 is 1.00 bits per heavy atom. The highest BCUT2D eigenvalue weighted by Crippen LogP contribution is 2.30. The largest absolute Gasteiger partial charge is 0.493 e. The van der Waals surface area contributed by atoms with Gasteiger partial charge in [-0.2, -0.15) is 4.36 Å². The molecule has 0 bridgehead atoms. The number of carbonyl (C=O) groups is 1. The number of non-ortho nitro benzene ring substituents is 1. The van der Waals surface area contributed by atoms with Crippen LogP contribution in [0.2, 0.25) is 0 Å². The molecule has 0 saturated heterocycles. The van der Waals surface area contributed by atoms with Crippen LogP contribution in [-0.4, -0.2) is 40.5 Å². The normalized spacial score (nSPS) is 12.0. The number of pyridine rings is 1. The Labute approximate surface area is 190 Å². The summed E-state index contributed by atoms with van der Waals surface area (Å²) in [6, 6.07) is 11.9. The molecule has 3 aromatic rings. The molecule has 0 aliphatic rings. The zero-order valence-electron chi connectivity index (χ0n) is 18.0. The van der Waals surface area contributed by atoms with E-state index in [-0.39, 0.29) is 11.3 Å². The van der Waals surface area contributed by atoms with Gasteiger partial charge in [0.1, 0.15) is 0 Å². The molecule has 0 spiro atoms. The summed E-state index contributed by atoms with van der Waals surface area (Å²) in [6.07, 6.45) is 4.14. The molecule has 10 heteroatoms. The average molecular weight is 465 g/mol. The first kappa shape index (κ1) is 23.4. The standard InChI is InChI=1S/C23H19N3O6S/c1-31-21-11-10-20(13-22(21)32-2)33(3,30)25-23(27)18-12-17(14-24-15-18)5-4-16-6-8-19(9-7-16)26(28)29/h6-15H,1-3H3. The van der Waals surface area contributed by atoms with Crippen molar-refractivity contribution in [3.05, 3.63) is 87.7 Å². The summed E-state index contributed by atoms with van der Waals surface area (Å²) in [4.78, 5) is 27.2. The van der Waals surface area contributed by atoms with E-state index in [0.717, 1.165) is 0 Å². The molecule has 1 atom stereocenters. The van der Waals surface area contributed by atoms with Gasteiger partial charge in [0.15, 0.2) is 11.5 Å². The molecular formula is C23H19N3O6S. The number of nitro benzene ring substituents is 1. The number of carbonyl (C=O) groups excluding carboxylic acids is 1. The first-order valence-electron chi connectivity index (χ1n) is 9.43. The molecule has 1 unspecified atom stereocenters. The van der Waals surface area contributed by atoms with Gasteiger partial charge in [0.25, 0.3) is 11.6 Å². The van der Waals surface area contributed by atoms with Crippen molar-refractivity contribution in [2.45, 2.75) is 4.90 Å². The predicted molar refractivity (Wildman–Crippen MR) is 122 cm³/mol. The van der Waals surface area contributed by atoms with Crippen molar-refractivity contribution < 1.29 is 23.4 Å². The Morgan fingerprint density at radius 3 is 2.30 bits per heavy atom. The lowest BCUT2D eigenvalue weighted by Crippen LogP contribution is -2.05. The van der Waals surface area contributed by atoms with E-state index in [9.17, 15) is 19.1 Å². The fourth-order valence-corrected chi connectivity index (χ4v) is 3.93. The van der Waals surface area contributed by atoms with E-state index in [2.05, 4.69) is 21.2 Å². The molecule has 0 aliphatic carbocycles. The predicted octanol–water partition coefficient (Wildman–Crippen LogP) is 3.70. The van der Waals surface area contributed by atoms with Crippen LogP contribution in [0.5, 0.6) is 11.5 Å². The second-order valence-electron chi connectivity index (χ2n) is 6.73. The molecule has 2 aromatic carbocycles. The van der Waals surface area contributed by atoms with Gasteiger partial charge < -0.3 is 9.47 Å². The van der Waals surface area contributed by atoms with E-state index in [1.54, 1.807) is 12.1 Å². The summed E-state index contributed by atoms with van der Waals surface area (Å²) in [5, 5.41) is 10.7. The molecule has 1 heterocycles. The highest BCUT2D eigenvalue weighted by molar-refractivity contribution is 7.93. The van der Waals surface area contributed by atoms with Crippen molar-refractivity contribution in [2.24, 2.45) is 4.36 Å². The van der Waals surface area contributed by atoms with Crippen molar-refractivity contribution >= 4 is 21.3 Å². The molecule has 168 valence electrons. The topological polar surface area (TPSA) is 121 Å². The Morgan fingerprint density at radius 2 is 1.67 bits per heavy atom. The van der Waals surface area contributed by atoms with Crippen molar-refractivity contribution in [2.75, 3.05) is 20.5 Å². The van der Waals surface area contributed by atoms with Crippen LogP contribution in [0.1, 0.15) is 21.5 Å². The minimum absolute atomic E-state index is 0.0333. The van der Waals surface area contributed by atoms with Crippen molar-refractivity contribution in [3.63, 3.8) is 0 Å². The van der Waals surface area contributed by atoms with Crippen LogP contribution >= 0.6 is 0 Å². The zero-order valence-corrected chi connectivity index (χ0v) is 18.8. The van der Waals surface area contributed by atoms with Crippen LogP contribution in [0.15, 0.2) is 70.2 Å². The van der Waals surface area contributed by atoms with Gasteiger partial charge >= 0.3 is 0 Å². The third kappa shape index (κ3) is 5.72. The number of nitro groups is 1. The lowest BCUT2D eigenvalue weighted by molar-refractivity contribution is -0.384. The highest BCUT2D eigenvalue weighted by Gasteiger charge is 2.15. The van der Waals surface area contributed by atoms with Crippen molar-refractivity contribution in [1.82, 2.24) is 4.98 Å². The minimum Gasteiger partial charge on any atom is -0.493 e. The number of hydrogen-bond acceptors (Lipinski definition) is 7. The third-order valence-corrected chi connectivity index (χ3v) is 6.11. The number of nitrogens with zero attached hydrogens (tertiary/aromatic N) is 3. The zero-order chi connectivity index (χ0) is 24.0. The van der Waals surface area contributed by atoms with Gasteiger partial charge in [-0.1, -0.05) is 11.8 Å². The molecule has 0 aliphatic heterocycles. The Hall–Kier alpha value is -4.23. The first-order chi connectivity index (χ1) is 15.7. The van der Waals surface area contributed by atoms with Crippen molar-refractivity contribution in [3.8, 4) is 23.3 Å². The second-order valence-corrected chi connectivity index (χ2v) is 8.99. The molecule has 0 radical (unpaired) electrons. The fourth-order valence-electron chi connectivity index (χ4n) is 2.75. The van der Waals surface area contributed by atoms with E-state index in [4.69, 9.17) is 9.47 Å². The Balaban J connectivity index is 1.87. The Kier molecular flexibility index (Phi) is 7.05. The number of hydrogen-bond donors (Lipinski definition) is 0. The maximum Gasteiger partial charge on any atom is 0.286 e. The van der Waals surface area contributed by atoms with Crippen LogP contribution in [0, 0.1) is 22.0 Å². The van der Waals surface area contributed by atoms with Crippen molar-refractivity contribution in [1.29, 1.82) is 0 Å². The SMILES string of the molecule is COc1ccc(S(C)(=O)=NC(=O)c2cncc(C#Cc3ccc([N+](=O)[O-])cc3)c2)cc1OC. The van der Waals surface area contributed by atoms with Gasteiger partial charge in [-0.05, 0) is 30.3 Å². The van der Waals surface area contributed by atoms with Gasteiger partial charge in [0.05, 0.1) is 39.3 Å². The second kappa shape index (κ2) is 9.93. The maximum absolute atomic E-state index is 13.1. The lowest BCUT2D eigenvalue weighted by Gasteiger charge is -2.10. The van der Waals surface area contributed by atoms with Crippen LogP contribution in [0.4, 0.5) is 5.69 Å². The molecule has 1 amide bonds. The molecule has 0 N–H and O–H groups in total. The number of aromatic nitrogens is 1. The molecule has 3 rings (SSSR count). The Bertz CT molecular complexity index is 1400. The van der Waals surface area contributed by atoms with Gasteiger partial charge in [0.2, 0.25) is 0 Å². The van der Waals surface area contributed by atoms with Crippen LogP contribution < -0.4 is 9.47 Å². The quantitative estimate of drug-likeness (QED) is 0.320. The molecule has 0 saturated carbocycles. The number of rotatable bonds is 5. The van der Waals surface area contributed by atoms with Crippen LogP contribution in [0.25, 0.3) is 0 Å². The van der Waals surface area contributed by atoms with Gasteiger partial charge in [-0.15, -0.1) is 0 Å². The molecule has 0 fully saturated rings. The number of ether oxygens (including phenoxy) is 2. The number of methoxy groups -OCH3 is 2. The fraction of sp³-hybridized carbons (Fsp3) is 0.130. The summed E-state index contributed by atoms with van der Waals surface area (Å²) >= 11 is 0. The highest BCUT2D eigenvalue weighted by atomic mass is 32.2. The lowest BCUT2D eigenvalue weighted by atomic mass is 10.1. The average Bonchev–Trinajstić information content (AvgIpc) is 2.82. The molecular weight excluding hydrogens is 446 g/mol. The van der Waals surface area contributed by atoms with Gasteiger partial charge in [-0.25, -0.2) is 4.21 Å². The molecule has 33 heavy (non-hydrogen) atoms. The number of amides is 1. The third-order valence-electron chi connectivity index (χ3n) is 4.46. The smallest absolute Gasteiger partial charge is 0.286 e. The minimum atomic E-state index is -3.07. The summed E-state index contributed by atoms with van der Waals surface area (Å²) in [5.74, 6) is 5.84. The summed E-state index contributed by atoms with van der Waals surface area (Å²) in [7, 11) is -0.133. The van der Waals surface area contributed by atoms with E-state index in [0.29, 0.717) is 27.5 Å². The summed E-state index contributed by atoms with van der Waals surface area (Å²) < 4.78 is 27.4. The van der Waals surface area contributed by atoms with E-state index in [1.807, 2.05) is 0 Å². The molecule has 9 nitrogen and oxygen atoms in total. The van der Waals surface area contributed by atoms with E-state index >= 15 is 0 Å². The van der Waals surface area contributed by atoms with Gasteiger partial charge in [-0.3, -0.25) is 19.9 Å². The van der Waals surface area contributed by atoms with E-state index < -0.39 is 20.6 Å². The monoisotopic (exact) mass is 465 g/mol. The number of benzene rings is 2. The van der Waals surface area contributed by atoms with E-state index in [1.165, 1.54) is 69.3 Å². The summed E-state index contributed by atoms with van der Waals surface area (Å²) in [6.45, 7) is 0. The van der Waals surface area contributed by atoms with Crippen LogP contribution in [-0.2, 0) is 9.73 Å².